The molecule has 1 unspecified atom stereocenters. The Morgan fingerprint density at radius 3 is 2.68 bits per heavy atom. The highest BCUT2D eigenvalue weighted by molar-refractivity contribution is 5.62. The maximum atomic E-state index is 13.4. The summed E-state index contributed by atoms with van der Waals surface area (Å²) in [6.07, 6.45) is 2.90. The molecule has 7 nitrogen and oxygen atoms in total. The summed E-state index contributed by atoms with van der Waals surface area (Å²) in [5, 5.41) is 7.85. The second kappa shape index (κ2) is 9.20. The molecule has 10 heteroatoms. The molecule has 0 saturated heterocycles. The number of hydrogen-bond donors (Lipinski definition) is 1. The van der Waals surface area contributed by atoms with Crippen LogP contribution in [-0.4, -0.2) is 31.4 Å². The monoisotopic (exact) mass is 468 g/mol. The molecule has 0 saturated carbocycles. The van der Waals surface area contributed by atoms with Gasteiger partial charge in [0.2, 0.25) is 5.95 Å². The van der Waals surface area contributed by atoms with Gasteiger partial charge in [-0.1, -0.05) is 18.6 Å². The number of rotatable bonds is 6. The van der Waals surface area contributed by atoms with Gasteiger partial charge in [-0.05, 0) is 42.7 Å². The average Bonchev–Trinajstić information content (AvgIpc) is 3.43. The summed E-state index contributed by atoms with van der Waals surface area (Å²) in [7, 11) is 1.51. The van der Waals surface area contributed by atoms with Crippen molar-refractivity contribution >= 4 is 11.6 Å². The van der Waals surface area contributed by atoms with Gasteiger partial charge in [0.1, 0.15) is 23.1 Å². The first-order valence-electron chi connectivity index (χ1n) is 11.0. The predicted molar refractivity (Wildman–Crippen MR) is 120 cm³/mol. The van der Waals surface area contributed by atoms with Crippen LogP contribution in [0.2, 0.25) is 0 Å². The summed E-state index contributed by atoms with van der Waals surface area (Å²) in [5.41, 5.74) is 1.98. The molecule has 1 N–H and O–H groups in total. The quantitative estimate of drug-likeness (QED) is 0.398. The molecule has 1 aliphatic rings. The number of methoxy groups -OCH3 is 1. The number of ether oxygens (including phenoxy) is 1. The fourth-order valence-electron chi connectivity index (χ4n) is 4.26. The fraction of sp³-hybridized carbons (Fsp3) is 0.292. The van der Waals surface area contributed by atoms with Crippen molar-refractivity contribution in [1.29, 1.82) is 0 Å². The van der Waals surface area contributed by atoms with Gasteiger partial charge in [-0.2, -0.15) is 4.98 Å². The zero-order chi connectivity index (χ0) is 23.7. The van der Waals surface area contributed by atoms with Gasteiger partial charge in [-0.15, -0.1) is 5.10 Å². The summed E-state index contributed by atoms with van der Waals surface area (Å²) in [6.45, 7) is 0.761. The van der Waals surface area contributed by atoms with Gasteiger partial charge < -0.3 is 14.6 Å². The first kappa shape index (κ1) is 22.0. The second-order valence-corrected chi connectivity index (χ2v) is 8.13. The largest absolute Gasteiger partial charge is 0.494 e. The molecule has 34 heavy (non-hydrogen) atoms. The van der Waals surface area contributed by atoms with E-state index in [-0.39, 0.29) is 17.4 Å². The Balaban J connectivity index is 1.41. The molecule has 176 valence electrons. The number of alkyl halides is 2. The highest BCUT2D eigenvalue weighted by Gasteiger charge is 2.25. The van der Waals surface area contributed by atoms with E-state index in [2.05, 4.69) is 15.4 Å². The van der Waals surface area contributed by atoms with Gasteiger partial charge >= 0.3 is 0 Å². The topological polar surface area (TPSA) is 69.8 Å². The SMILES string of the molecule is COc1cc(Nc2nc3n(n2)CCCCC3c2ccc(F)cc2)ccc1-n1cnc(C(F)F)c1. The van der Waals surface area contributed by atoms with Crippen molar-refractivity contribution in [2.45, 2.75) is 38.2 Å². The number of imidazole rings is 1. The summed E-state index contributed by atoms with van der Waals surface area (Å²) in [4.78, 5) is 8.49. The van der Waals surface area contributed by atoms with Crippen LogP contribution in [0.1, 0.15) is 48.7 Å². The standard InChI is InChI=1S/C24H23F3N6O/c1-34-21-12-17(9-10-20(21)32-13-19(22(26)27)28-14-32)29-24-30-23-18(4-2-3-11-33(23)31-24)15-5-7-16(25)8-6-15/h5-10,12-14,18,22H,2-4,11H2,1H3,(H,29,31). The number of benzene rings is 2. The molecule has 1 atom stereocenters. The zero-order valence-corrected chi connectivity index (χ0v) is 18.5. The minimum atomic E-state index is -2.64. The fourth-order valence-corrected chi connectivity index (χ4v) is 4.26. The van der Waals surface area contributed by atoms with Crippen molar-refractivity contribution in [1.82, 2.24) is 24.3 Å². The number of anilines is 2. The van der Waals surface area contributed by atoms with E-state index in [0.717, 1.165) is 37.2 Å². The normalized spacial score (nSPS) is 15.7. The van der Waals surface area contributed by atoms with Crippen LogP contribution in [0.3, 0.4) is 0 Å². The Bertz CT molecular complexity index is 1280. The number of halogens is 3. The molecule has 0 radical (unpaired) electrons. The smallest absolute Gasteiger partial charge is 0.281 e. The minimum absolute atomic E-state index is 0.0355. The van der Waals surface area contributed by atoms with Crippen LogP contribution in [0.25, 0.3) is 5.69 Å². The van der Waals surface area contributed by atoms with Gasteiger partial charge in [0.25, 0.3) is 6.43 Å². The van der Waals surface area contributed by atoms with Gasteiger partial charge in [-0.25, -0.2) is 22.8 Å². The van der Waals surface area contributed by atoms with Crippen molar-refractivity contribution < 1.29 is 17.9 Å². The summed E-state index contributed by atoms with van der Waals surface area (Å²) in [5.74, 6) is 1.54. The Kier molecular flexibility index (Phi) is 5.95. The van der Waals surface area contributed by atoms with Gasteiger partial charge in [0.15, 0.2) is 0 Å². The third-order valence-electron chi connectivity index (χ3n) is 5.94. The Morgan fingerprint density at radius 2 is 1.94 bits per heavy atom. The van der Waals surface area contributed by atoms with E-state index >= 15 is 0 Å². The summed E-state index contributed by atoms with van der Waals surface area (Å²) in [6, 6.07) is 11.8. The lowest BCUT2D eigenvalue weighted by Gasteiger charge is -2.14. The van der Waals surface area contributed by atoms with Crippen LogP contribution in [-0.2, 0) is 6.54 Å². The van der Waals surface area contributed by atoms with Crippen molar-refractivity contribution in [3.63, 3.8) is 0 Å². The molecule has 0 amide bonds. The molecule has 2 aromatic heterocycles. The van der Waals surface area contributed by atoms with Crippen LogP contribution in [0.4, 0.5) is 24.8 Å². The maximum Gasteiger partial charge on any atom is 0.281 e. The maximum absolute atomic E-state index is 13.4. The third kappa shape index (κ3) is 4.35. The predicted octanol–water partition coefficient (Wildman–Crippen LogP) is 5.61. The van der Waals surface area contributed by atoms with Crippen LogP contribution in [0.5, 0.6) is 5.75 Å². The lowest BCUT2D eigenvalue weighted by atomic mass is 9.93. The second-order valence-electron chi connectivity index (χ2n) is 8.13. The van der Waals surface area contributed by atoms with E-state index in [1.807, 2.05) is 4.68 Å². The third-order valence-corrected chi connectivity index (χ3v) is 5.94. The van der Waals surface area contributed by atoms with E-state index in [1.165, 1.54) is 36.3 Å². The highest BCUT2D eigenvalue weighted by atomic mass is 19.3. The number of nitrogens with one attached hydrogen (secondary N) is 1. The molecule has 0 bridgehead atoms. The number of nitrogens with zero attached hydrogens (tertiary/aromatic N) is 5. The van der Waals surface area contributed by atoms with Crippen molar-refractivity contribution in [3.05, 3.63) is 77.9 Å². The molecule has 1 aliphatic heterocycles. The molecular weight excluding hydrogens is 445 g/mol. The van der Waals surface area contributed by atoms with Crippen LogP contribution < -0.4 is 10.1 Å². The van der Waals surface area contributed by atoms with Crippen molar-refractivity contribution in [2.75, 3.05) is 12.4 Å². The molecule has 5 rings (SSSR count). The van der Waals surface area contributed by atoms with Gasteiger partial charge in [-0.3, -0.25) is 0 Å². The van der Waals surface area contributed by atoms with E-state index in [4.69, 9.17) is 9.72 Å². The summed E-state index contributed by atoms with van der Waals surface area (Å²) >= 11 is 0. The molecule has 0 aliphatic carbocycles. The molecule has 0 fully saturated rings. The zero-order valence-electron chi connectivity index (χ0n) is 18.5. The average molecular weight is 468 g/mol. The van der Waals surface area contributed by atoms with Crippen LogP contribution in [0, 0.1) is 5.82 Å². The van der Waals surface area contributed by atoms with Crippen LogP contribution in [0.15, 0.2) is 55.0 Å². The highest BCUT2D eigenvalue weighted by Crippen LogP contribution is 2.33. The molecule has 2 aromatic carbocycles. The number of aryl methyl sites for hydroxylation is 1. The van der Waals surface area contributed by atoms with Gasteiger partial charge in [0.05, 0.1) is 19.1 Å². The molecule has 0 spiro atoms. The first-order chi connectivity index (χ1) is 16.5. The van der Waals surface area contributed by atoms with Crippen LogP contribution >= 0.6 is 0 Å². The van der Waals surface area contributed by atoms with Crippen molar-refractivity contribution in [3.8, 4) is 11.4 Å². The lowest BCUT2D eigenvalue weighted by Crippen LogP contribution is -2.08. The van der Waals surface area contributed by atoms with E-state index in [1.54, 1.807) is 30.3 Å². The van der Waals surface area contributed by atoms with Crippen molar-refractivity contribution in [2.24, 2.45) is 0 Å². The number of fused-ring (bicyclic) bond motifs is 1. The van der Waals surface area contributed by atoms with Gasteiger partial charge in [0, 0.05) is 30.4 Å². The Labute approximate surface area is 194 Å². The minimum Gasteiger partial charge on any atom is -0.494 e. The Morgan fingerprint density at radius 1 is 1.12 bits per heavy atom. The molecule has 4 aromatic rings. The molecule has 3 heterocycles. The Hall–Kier alpha value is -3.82. The van der Waals surface area contributed by atoms with E-state index < -0.39 is 6.43 Å². The number of hydrogen-bond acceptors (Lipinski definition) is 5. The number of aromatic nitrogens is 5. The first-order valence-corrected chi connectivity index (χ1v) is 11.0. The lowest BCUT2D eigenvalue weighted by molar-refractivity contribution is 0.146. The molecular formula is C24H23F3N6O. The van der Waals surface area contributed by atoms with E-state index in [0.29, 0.717) is 23.1 Å². The summed E-state index contributed by atoms with van der Waals surface area (Å²) < 4.78 is 48.1. The van der Waals surface area contributed by atoms with E-state index in [9.17, 15) is 13.2 Å².